The summed E-state index contributed by atoms with van der Waals surface area (Å²) in [6, 6.07) is 15.2. The summed E-state index contributed by atoms with van der Waals surface area (Å²) in [5, 5.41) is 4.49. The molecule has 0 radical (unpaired) electrons. The summed E-state index contributed by atoms with van der Waals surface area (Å²) in [4.78, 5) is 4.54. The number of hydrogen-bond donors (Lipinski definition) is 1. The topological polar surface area (TPSA) is 95.3 Å². The zero-order valence-electron chi connectivity index (χ0n) is 17.3. The van der Waals surface area contributed by atoms with Gasteiger partial charge >= 0.3 is 6.01 Å². The number of ether oxygens (including phenoxy) is 2. The molecule has 30 heavy (non-hydrogen) atoms. The van der Waals surface area contributed by atoms with Gasteiger partial charge in [0.2, 0.25) is 10.0 Å². The van der Waals surface area contributed by atoms with Crippen LogP contribution in [0.3, 0.4) is 0 Å². The average molecular weight is 431 g/mol. The van der Waals surface area contributed by atoms with Gasteiger partial charge in [-0.15, -0.1) is 5.10 Å². The van der Waals surface area contributed by atoms with Crippen molar-refractivity contribution in [2.45, 2.75) is 20.8 Å². The molecular weight excluding hydrogens is 404 g/mol. The van der Waals surface area contributed by atoms with Crippen LogP contribution in [-0.2, 0) is 14.8 Å². The van der Waals surface area contributed by atoms with Gasteiger partial charge in [-0.25, -0.2) is 13.1 Å². The van der Waals surface area contributed by atoms with E-state index in [0.29, 0.717) is 31.3 Å². The minimum absolute atomic E-state index is 0.0117. The molecule has 0 amide bonds. The molecule has 0 spiro atoms. The highest BCUT2D eigenvalue weighted by Crippen LogP contribution is 2.25. The van der Waals surface area contributed by atoms with Gasteiger partial charge in [0.1, 0.15) is 6.61 Å². The highest BCUT2D eigenvalue weighted by Gasteiger charge is 2.15. The van der Waals surface area contributed by atoms with Crippen molar-refractivity contribution >= 4 is 15.7 Å². The summed E-state index contributed by atoms with van der Waals surface area (Å²) in [5.74, 6) is 0.640. The predicted octanol–water partition coefficient (Wildman–Crippen LogP) is 3.42. The van der Waals surface area contributed by atoms with Gasteiger partial charge in [-0.2, -0.15) is 4.98 Å². The van der Waals surface area contributed by atoms with E-state index in [-0.39, 0.29) is 11.8 Å². The van der Waals surface area contributed by atoms with Crippen LogP contribution in [0.25, 0.3) is 17.1 Å². The second-order valence-corrected chi connectivity index (χ2v) is 8.60. The Morgan fingerprint density at radius 2 is 1.70 bits per heavy atom. The monoisotopic (exact) mass is 430 g/mol. The minimum atomic E-state index is -3.33. The highest BCUT2D eigenvalue weighted by molar-refractivity contribution is 7.92. The van der Waals surface area contributed by atoms with Gasteiger partial charge in [0.05, 0.1) is 18.0 Å². The first-order valence-electron chi connectivity index (χ1n) is 9.77. The lowest BCUT2D eigenvalue weighted by Crippen LogP contribution is -2.14. The van der Waals surface area contributed by atoms with E-state index in [2.05, 4.69) is 14.8 Å². The molecular formula is C21H26N4O4S. The Morgan fingerprint density at radius 3 is 2.33 bits per heavy atom. The molecule has 8 nitrogen and oxygen atoms in total. The Hall–Kier alpha value is -2.91. The lowest BCUT2D eigenvalue weighted by Gasteiger charge is -2.09. The molecule has 1 heterocycles. The highest BCUT2D eigenvalue weighted by atomic mass is 32.2. The second kappa shape index (κ2) is 9.73. The molecule has 0 unspecified atom stereocenters. The van der Waals surface area contributed by atoms with Gasteiger partial charge in [0.15, 0.2) is 5.82 Å². The van der Waals surface area contributed by atoms with Crippen molar-refractivity contribution in [1.82, 2.24) is 14.8 Å². The van der Waals surface area contributed by atoms with Crippen LogP contribution in [0.15, 0.2) is 48.5 Å². The standard InChI is InChI=1S/C21H26N4O4S/c1-4-28-14-15-29-21-22-20(17-8-6-16(3)7-9-17)25(23-21)19-12-10-18(11-13-19)24-30(26,27)5-2/h6-13,24H,4-5,14-15H2,1-3H3. The van der Waals surface area contributed by atoms with Crippen LogP contribution in [0.1, 0.15) is 19.4 Å². The van der Waals surface area contributed by atoms with Gasteiger partial charge in [0, 0.05) is 17.9 Å². The van der Waals surface area contributed by atoms with Crippen LogP contribution in [0.4, 0.5) is 5.69 Å². The molecule has 0 aliphatic carbocycles. The van der Waals surface area contributed by atoms with Crippen molar-refractivity contribution in [3.8, 4) is 23.1 Å². The van der Waals surface area contributed by atoms with Crippen LogP contribution >= 0.6 is 0 Å². The number of aromatic nitrogens is 3. The molecule has 1 N–H and O–H groups in total. The number of anilines is 1. The van der Waals surface area contributed by atoms with E-state index in [1.54, 1.807) is 35.9 Å². The van der Waals surface area contributed by atoms with Gasteiger partial charge in [-0.3, -0.25) is 4.72 Å². The third-order valence-electron chi connectivity index (χ3n) is 4.33. The first kappa shape index (κ1) is 21.8. The van der Waals surface area contributed by atoms with E-state index in [1.807, 2.05) is 38.1 Å². The number of hydrogen-bond acceptors (Lipinski definition) is 6. The van der Waals surface area contributed by atoms with Gasteiger partial charge in [-0.05, 0) is 45.0 Å². The molecule has 9 heteroatoms. The maximum Gasteiger partial charge on any atom is 0.336 e. The number of benzene rings is 2. The Labute approximate surface area is 176 Å². The first-order valence-corrected chi connectivity index (χ1v) is 11.4. The van der Waals surface area contributed by atoms with E-state index < -0.39 is 10.0 Å². The maximum absolute atomic E-state index is 11.8. The molecule has 1 aromatic heterocycles. The summed E-state index contributed by atoms with van der Waals surface area (Å²) in [6.45, 7) is 6.96. The Morgan fingerprint density at radius 1 is 1.00 bits per heavy atom. The quantitative estimate of drug-likeness (QED) is 0.495. The Bertz CT molecular complexity index is 1060. The zero-order chi connectivity index (χ0) is 21.6. The molecule has 0 atom stereocenters. The van der Waals surface area contributed by atoms with Crippen LogP contribution in [0.5, 0.6) is 6.01 Å². The number of nitrogens with one attached hydrogen (secondary N) is 1. The van der Waals surface area contributed by atoms with Crippen LogP contribution in [0, 0.1) is 6.92 Å². The zero-order valence-corrected chi connectivity index (χ0v) is 18.1. The molecule has 3 rings (SSSR count). The Kier molecular flexibility index (Phi) is 7.07. The molecule has 0 aliphatic heterocycles. The fourth-order valence-corrected chi connectivity index (χ4v) is 3.32. The van der Waals surface area contributed by atoms with E-state index in [4.69, 9.17) is 9.47 Å². The number of aryl methyl sites for hydroxylation is 1. The van der Waals surface area contributed by atoms with Crippen molar-refractivity contribution in [3.05, 3.63) is 54.1 Å². The molecule has 0 bridgehead atoms. The van der Waals surface area contributed by atoms with Gasteiger partial charge in [-0.1, -0.05) is 29.8 Å². The third kappa shape index (κ3) is 5.58. The summed E-state index contributed by atoms with van der Waals surface area (Å²) < 4.78 is 38.7. The van der Waals surface area contributed by atoms with Crippen molar-refractivity contribution < 1.29 is 17.9 Å². The molecule has 0 saturated carbocycles. The molecule has 0 saturated heterocycles. The first-order chi connectivity index (χ1) is 14.4. The molecule has 0 aliphatic rings. The van der Waals surface area contributed by atoms with Crippen LogP contribution in [-0.4, -0.2) is 48.8 Å². The second-order valence-electron chi connectivity index (χ2n) is 6.59. The van der Waals surface area contributed by atoms with Crippen molar-refractivity contribution in [1.29, 1.82) is 0 Å². The van der Waals surface area contributed by atoms with E-state index in [9.17, 15) is 8.42 Å². The smallest absolute Gasteiger partial charge is 0.336 e. The van der Waals surface area contributed by atoms with E-state index >= 15 is 0 Å². The van der Waals surface area contributed by atoms with E-state index in [0.717, 1.165) is 16.8 Å². The molecule has 0 fully saturated rings. The summed E-state index contributed by atoms with van der Waals surface area (Å²) in [7, 11) is -3.33. The fourth-order valence-electron chi connectivity index (χ4n) is 2.68. The fraction of sp³-hybridized carbons (Fsp3) is 0.333. The minimum Gasteiger partial charge on any atom is -0.460 e. The van der Waals surface area contributed by atoms with Crippen molar-refractivity contribution in [2.75, 3.05) is 30.3 Å². The average Bonchev–Trinajstić information content (AvgIpc) is 3.16. The molecule has 3 aromatic rings. The summed E-state index contributed by atoms with van der Waals surface area (Å²) >= 11 is 0. The number of sulfonamides is 1. The lowest BCUT2D eigenvalue weighted by molar-refractivity contribution is 0.106. The maximum atomic E-state index is 11.8. The van der Waals surface area contributed by atoms with Crippen LogP contribution in [0.2, 0.25) is 0 Å². The Balaban J connectivity index is 1.91. The largest absolute Gasteiger partial charge is 0.460 e. The number of nitrogens with zero attached hydrogens (tertiary/aromatic N) is 3. The van der Waals surface area contributed by atoms with Crippen LogP contribution < -0.4 is 9.46 Å². The molecule has 2 aromatic carbocycles. The predicted molar refractivity (Wildman–Crippen MR) is 117 cm³/mol. The van der Waals surface area contributed by atoms with Gasteiger partial charge < -0.3 is 9.47 Å². The van der Waals surface area contributed by atoms with Gasteiger partial charge in [0.25, 0.3) is 0 Å². The summed E-state index contributed by atoms with van der Waals surface area (Å²) in [5.41, 5.74) is 3.26. The SMILES string of the molecule is CCOCCOc1nc(-c2ccc(C)cc2)n(-c2ccc(NS(=O)(=O)CC)cc2)n1. The van der Waals surface area contributed by atoms with Crippen molar-refractivity contribution in [2.24, 2.45) is 0 Å². The lowest BCUT2D eigenvalue weighted by atomic mass is 10.1. The van der Waals surface area contributed by atoms with E-state index in [1.165, 1.54) is 0 Å². The number of rotatable bonds is 10. The van der Waals surface area contributed by atoms with Crippen molar-refractivity contribution in [3.63, 3.8) is 0 Å². The normalized spacial score (nSPS) is 11.4. The third-order valence-corrected chi connectivity index (χ3v) is 5.63. The summed E-state index contributed by atoms with van der Waals surface area (Å²) in [6.07, 6.45) is 0. The molecule has 160 valence electrons.